The summed E-state index contributed by atoms with van der Waals surface area (Å²) in [6.07, 6.45) is 1.87. The number of carbonyl (C=O) groups excluding carboxylic acids is 1. The number of thiazole rings is 1. The Balaban J connectivity index is 1.81. The van der Waals surface area contributed by atoms with Gasteiger partial charge in [0.1, 0.15) is 12.6 Å². The van der Waals surface area contributed by atoms with Gasteiger partial charge in [-0.3, -0.25) is 9.36 Å². The maximum atomic E-state index is 13.5. The summed E-state index contributed by atoms with van der Waals surface area (Å²) < 4.78 is 12.6. The van der Waals surface area contributed by atoms with Crippen LogP contribution in [0.25, 0.3) is 6.08 Å². The summed E-state index contributed by atoms with van der Waals surface area (Å²) in [4.78, 5) is 34.6. The van der Waals surface area contributed by atoms with Gasteiger partial charge in [0, 0.05) is 31.8 Å². The van der Waals surface area contributed by atoms with Gasteiger partial charge in [-0.05, 0) is 42.1 Å². The number of fused-ring (bicyclic) bond motifs is 1. The number of anilines is 1. The van der Waals surface area contributed by atoms with Crippen LogP contribution in [0.15, 0.2) is 62.8 Å². The highest BCUT2D eigenvalue weighted by atomic mass is 32.1. The molecule has 7 nitrogen and oxygen atoms in total. The average molecular weight is 484 g/mol. The van der Waals surface area contributed by atoms with E-state index in [1.807, 2.05) is 66.8 Å². The maximum absolute atomic E-state index is 13.5. The van der Waals surface area contributed by atoms with Crippen molar-refractivity contribution in [3.05, 3.63) is 83.2 Å². The number of hydrogen-bond donors (Lipinski definition) is 0. The standard InChI is InChI=1S/C24H25N3O4S2/c1-15-20(23(29)31-12-11-30-4)21(18-6-5-13-32-18)27-22(28)19(33-24(27)25-15)14-16-7-9-17(10-8-16)26(2)3/h5-10,13-14,21H,11-12H2,1-4H3/b19-14+. The van der Waals surface area contributed by atoms with Gasteiger partial charge in [-0.2, -0.15) is 0 Å². The summed E-state index contributed by atoms with van der Waals surface area (Å²) in [7, 11) is 5.52. The molecule has 0 bridgehead atoms. The van der Waals surface area contributed by atoms with E-state index in [1.54, 1.807) is 18.6 Å². The topological polar surface area (TPSA) is 73.1 Å². The van der Waals surface area contributed by atoms with E-state index >= 15 is 0 Å². The first kappa shape index (κ1) is 23.2. The fourth-order valence-electron chi connectivity index (χ4n) is 3.61. The summed E-state index contributed by atoms with van der Waals surface area (Å²) in [5, 5.41) is 1.93. The Labute approximate surface area is 199 Å². The highest BCUT2D eigenvalue weighted by molar-refractivity contribution is 7.10. The van der Waals surface area contributed by atoms with Crippen molar-refractivity contribution in [3.8, 4) is 0 Å². The predicted octanol–water partition coefficient (Wildman–Crippen LogP) is 2.55. The Hall–Kier alpha value is -3.01. The van der Waals surface area contributed by atoms with Gasteiger partial charge < -0.3 is 14.4 Å². The second-order valence-electron chi connectivity index (χ2n) is 7.71. The number of hydrogen-bond acceptors (Lipinski definition) is 8. The van der Waals surface area contributed by atoms with Crippen molar-refractivity contribution in [2.75, 3.05) is 39.3 Å². The molecule has 2 aromatic heterocycles. The normalized spacial score (nSPS) is 15.9. The summed E-state index contributed by atoms with van der Waals surface area (Å²) in [6.45, 7) is 2.22. The van der Waals surface area contributed by atoms with Gasteiger partial charge in [0.25, 0.3) is 5.56 Å². The lowest BCUT2D eigenvalue weighted by Crippen LogP contribution is -2.39. The quantitative estimate of drug-likeness (QED) is 0.382. The average Bonchev–Trinajstić information content (AvgIpc) is 3.42. The number of aromatic nitrogens is 1. The van der Waals surface area contributed by atoms with Crippen molar-refractivity contribution in [1.29, 1.82) is 0 Å². The van der Waals surface area contributed by atoms with Gasteiger partial charge in [-0.25, -0.2) is 9.79 Å². The predicted molar refractivity (Wildman–Crippen MR) is 132 cm³/mol. The van der Waals surface area contributed by atoms with Crippen LogP contribution in [0, 0.1) is 0 Å². The Morgan fingerprint density at radius 3 is 2.61 bits per heavy atom. The Morgan fingerprint density at radius 2 is 1.97 bits per heavy atom. The maximum Gasteiger partial charge on any atom is 0.338 e. The molecular formula is C24H25N3O4S2. The fourth-order valence-corrected chi connectivity index (χ4v) is 5.48. The summed E-state index contributed by atoms with van der Waals surface area (Å²) in [5.41, 5.74) is 2.76. The Bertz CT molecular complexity index is 1350. The number of methoxy groups -OCH3 is 1. The third-order valence-electron chi connectivity index (χ3n) is 5.28. The van der Waals surface area contributed by atoms with Crippen molar-refractivity contribution in [2.24, 2.45) is 4.99 Å². The van der Waals surface area contributed by atoms with Crippen LogP contribution in [0.5, 0.6) is 0 Å². The van der Waals surface area contributed by atoms with Crippen LogP contribution in [0.3, 0.4) is 0 Å². The van der Waals surface area contributed by atoms with E-state index in [1.165, 1.54) is 22.7 Å². The number of carbonyl (C=O) groups is 1. The molecule has 3 heterocycles. The van der Waals surface area contributed by atoms with Gasteiger partial charge in [0.2, 0.25) is 0 Å². The van der Waals surface area contributed by atoms with Crippen molar-refractivity contribution in [2.45, 2.75) is 13.0 Å². The Morgan fingerprint density at radius 1 is 1.21 bits per heavy atom. The lowest BCUT2D eigenvalue weighted by atomic mass is 10.0. The lowest BCUT2D eigenvalue weighted by Gasteiger charge is -2.23. The van der Waals surface area contributed by atoms with Crippen LogP contribution in [0.2, 0.25) is 0 Å². The molecule has 9 heteroatoms. The first-order valence-corrected chi connectivity index (χ1v) is 12.1. The molecule has 0 N–H and O–H groups in total. The van der Waals surface area contributed by atoms with Gasteiger partial charge in [-0.1, -0.05) is 29.5 Å². The third-order valence-corrected chi connectivity index (χ3v) is 7.19. The lowest BCUT2D eigenvalue weighted by molar-refractivity contribution is -0.140. The molecule has 0 spiro atoms. The molecule has 1 atom stereocenters. The SMILES string of the molecule is COCCOC(=O)C1=C(C)N=c2s/c(=C/c3ccc(N(C)C)cc3)c(=O)n2C1c1cccs1. The van der Waals surface area contributed by atoms with E-state index in [2.05, 4.69) is 4.99 Å². The zero-order chi connectivity index (χ0) is 23.5. The van der Waals surface area contributed by atoms with Crippen molar-refractivity contribution in [3.63, 3.8) is 0 Å². The zero-order valence-corrected chi connectivity index (χ0v) is 20.5. The smallest absolute Gasteiger partial charge is 0.338 e. The molecule has 0 saturated carbocycles. The first-order valence-electron chi connectivity index (χ1n) is 10.4. The van der Waals surface area contributed by atoms with Crippen LogP contribution in [0.4, 0.5) is 5.69 Å². The molecule has 1 aromatic carbocycles. The Kier molecular flexibility index (Phi) is 6.92. The van der Waals surface area contributed by atoms with Crippen LogP contribution in [-0.2, 0) is 14.3 Å². The van der Waals surface area contributed by atoms with Gasteiger partial charge >= 0.3 is 5.97 Å². The largest absolute Gasteiger partial charge is 0.460 e. The molecule has 172 valence electrons. The van der Waals surface area contributed by atoms with E-state index in [0.29, 0.717) is 27.2 Å². The molecule has 1 aliphatic heterocycles. The van der Waals surface area contributed by atoms with Gasteiger partial charge in [0.05, 0.1) is 22.4 Å². The van der Waals surface area contributed by atoms with E-state index in [9.17, 15) is 9.59 Å². The number of benzene rings is 1. The monoisotopic (exact) mass is 483 g/mol. The van der Waals surface area contributed by atoms with Crippen molar-refractivity contribution >= 4 is 40.4 Å². The summed E-state index contributed by atoms with van der Waals surface area (Å²) in [6, 6.07) is 11.2. The summed E-state index contributed by atoms with van der Waals surface area (Å²) in [5.74, 6) is -0.486. The minimum absolute atomic E-state index is 0.136. The van der Waals surface area contributed by atoms with E-state index in [-0.39, 0.29) is 12.2 Å². The number of esters is 1. The minimum atomic E-state index is -0.574. The second kappa shape index (κ2) is 9.86. The van der Waals surface area contributed by atoms with Crippen LogP contribution < -0.4 is 19.8 Å². The van der Waals surface area contributed by atoms with E-state index < -0.39 is 12.0 Å². The number of ether oxygens (including phenoxy) is 2. The minimum Gasteiger partial charge on any atom is -0.460 e. The molecule has 0 amide bonds. The molecule has 1 aliphatic rings. The molecule has 33 heavy (non-hydrogen) atoms. The molecule has 0 aliphatic carbocycles. The molecule has 4 rings (SSSR count). The number of thiophene rings is 1. The van der Waals surface area contributed by atoms with E-state index in [0.717, 1.165) is 16.1 Å². The van der Waals surface area contributed by atoms with Gasteiger partial charge in [0.15, 0.2) is 4.80 Å². The molecule has 0 saturated heterocycles. The first-order chi connectivity index (χ1) is 15.9. The summed E-state index contributed by atoms with van der Waals surface area (Å²) >= 11 is 2.82. The number of nitrogens with zero attached hydrogens (tertiary/aromatic N) is 3. The second-order valence-corrected chi connectivity index (χ2v) is 9.70. The highest BCUT2D eigenvalue weighted by Gasteiger charge is 2.34. The molecular weight excluding hydrogens is 458 g/mol. The highest BCUT2D eigenvalue weighted by Crippen LogP contribution is 2.33. The number of allylic oxidation sites excluding steroid dienone is 1. The number of rotatable bonds is 7. The molecule has 3 aromatic rings. The van der Waals surface area contributed by atoms with Crippen molar-refractivity contribution < 1.29 is 14.3 Å². The molecule has 0 radical (unpaired) electrons. The molecule has 1 unspecified atom stereocenters. The molecule has 0 fully saturated rings. The van der Waals surface area contributed by atoms with Crippen molar-refractivity contribution in [1.82, 2.24) is 4.57 Å². The fraction of sp³-hybridized carbons (Fsp3) is 0.292. The van der Waals surface area contributed by atoms with Crippen LogP contribution >= 0.6 is 22.7 Å². The van der Waals surface area contributed by atoms with E-state index in [4.69, 9.17) is 9.47 Å². The van der Waals surface area contributed by atoms with Crippen LogP contribution in [0.1, 0.15) is 23.4 Å². The van der Waals surface area contributed by atoms with Crippen LogP contribution in [-0.4, -0.2) is 45.0 Å². The zero-order valence-electron chi connectivity index (χ0n) is 18.9. The third kappa shape index (κ3) is 4.71. The van der Waals surface area contributed by atoms with Gasteiger partial charge in [-0.15, -0.1) is 11.3 Å².